The van der Waals surface area contributed by atoms with Crippen LogP contribution < -0.4 is 0 Å². The van der Waals surface area contributed by atoms with Gasteiger partial charge in [0.2, 0.25) is 0 Å². The van der Waals surface area contributed by atoms with Crippen LogP contribution in [0.3, 0.4) is 0 Å². The number of hydrogen-bond acceptors (Lipinski definition) is 2. The van der Waals surface area contributed by atoms with Crippen LogP contribution in [0, 0.1) is 0 Å². The molecule has 0 aliphatic rings. The van der Waals surface area contributed by atoms with E-state index >= 15 is 0 Å². The molecular formula is C12H12N2O. The van der Waals surface area contributed by atoms with Gasteiger partial charge in [0.05, 0.1) is 5.69 Å². The number of nitrogens with zero attached hydrogens (tertiary/aromatic N) is 2. The van der Waals surface area contributed by atoms with Crippen LogP contribution in [0.15, 0.2) is 36.5 Å². The van der Waals surface area contributed by atoms with Crippen molar-refractivity contribution in [2.45, 2.75) is 6.42 Å². The average molecular weight is 200 g/mol. The lowest BCUT2D eigenvalue weighted by atomic mass is 10.1. The Bertz CT molecular complexity index is 457. The van der Waals surface area contributed by atoms with Gasteiger partial charge in [0.1, 0.15) is 6.29 Å². The first-order chi connectivity index (χ1) is 7.31. The summed E-state index contributed by atoms with van der Waals surface area (Å²) in [7, 11) is 1.91. The van der Waals surface area contributed by atoms with E-state index in [0.717, 1.165) is 23.1 Å². The predicted molar refractivity (Wildman–Crippen MR) is 58.4 cm³/mol. The van der Waals surface area contributed by atoms with E-state index < -0.39 is 0 Å². The molecule has 0 amide bonds. The number of hydrogen-bond donors (Lipinski definition) is 0. The maximum Gasteiger partial charge on any atom is 0.124 e. The molecule has 0 unspecified atom stereocenters. The molecule has 0 aliphatic heterocycles. The highest BCUT2D eigenvalue weighted by Gasteiger charge is 2.01. The van der Waals surface area contributed by atoms with Crippen molar-refractivity contribution >= 4 is 6.29 Å². The van der Waals surface area contributed by atoms with Crippen molar-refractivity contribution in [2.24, 2.45) is 7.05 Å². The van der Waals surface area contributed by atoms with Gasteiger partial charge in [0.15, 0.2) is 0 Å². The summed E-state index contributed by atoms with van der Waals surface area (Å²) in [6.45, 7) is 0. The zero-order valence-electron chi connectivity index (χ0n) is 8.55. The van der Waals surface area contributed by atoms with E-state index in [4.69, 9.17) is 0 Å². The van der Waals surface area contributed by atoms with E-state index in [0.29, 0.717) is 6.42 Å². The van der Waals surface area contributed by atoms with Crippen LogP contribution in [0.25, 0.3) is 11.3 Å². The van der Waals surface area contributed by atoms with Crippen molar-refractivity contribution in [2.75, 3.05) is 0 Å². The van der Waals surface area contributed by atoms with Gasteiger partial charge in [-0.25, -0.2) is 0 Å². The highest BCUT2D eigenvalue weighted by molar-refractivity contribution is 5.61. The minimum Gasteiger partial charge on any atom is -0.303 e. The molecule has 0 saturated heterocycles. The van der Waals surface area contributed by atoms with Crippen molar-refractivity contribution in [1.29, 1.82) is 0 Å². The van der Waals surface area contributed by atoms with Crippen molar-refractivity contribution in [3.05, 3.63) is 42.1 Å². The molecular weight excluding hydrogens is 188 g/mol. The highest BCUT2D eigenvalue weighted by atomic mass is 16.1. The lowest BCUT2D eigenvalue weighted by Gasteiger charge is -2.02. The van der Waals surface area contributed by atoms with Gasteiger partial charge >= 0.3 is 0 Å². The second-order valence-corrected chi connectivity index (χ2v) is 3.41. The molecule has 76 valence electrons. The van der Waals surface area contributed by atoms with Gasteiger partial charge in [-0.05, 0) is 17.2 Å². The largest absolute Gasteiger partial charge is 0.303 e. The monoisotopic (exact) mass is 200 g/mol. The number of aromatic nitrogens is 2. The van der Waals surface area contributed by atoms with Gasteiger partial charge in [-0.15, -0.1) is 0 Å². The summed E-state index contributed by atoms with van der Waals surface area (Å²) >= 11 is 0. The standard InChI is InChI=1S/C12H12N2O/c1-14-12(6-8-13-14)11-4-2-10(3-5-11)7-9-15/h2-6,8-9H,7H2,1H3. The van der Waals surface area contributed by atoms with Gasteiger partial charge in [-0.3, -0.25) is 4.68 Å². The quantitative estimate of drug-likeness (QED) is 0.708. The van der Waals surface area contributed by atoms with Crippen LogP contribution in [-0.2, 0) is 18.3 Å². The van der Waals surface area contributed by atoms with Crippen molar-refractivity contribution < 1.29 is 4.79 Å². The van der Waals surface area contributed by atoms with Gasteiger partial charge in [-0.1, -0.05) is 24.3 Å². The Balaban J connectivity index is 2.31. The second-order valence-electron chi connectivity index (χ2n) is 3.41. The topological polar surface area (TPSA) is 34.9 Å². The van der Waals surface area contributed by atoms with Gasteiger partial charge in [0.25, 0.3) is 0 Å². The molecule has 0 radical (unpaired) electrons. The van der Waals surface area contributed by atoms with E-state index in [2.05, 4.69) is 5.10 Å². The third-order valence-electron chi connectivity index (χ3n) is 2.39. The van der Waals surface area contributed by atoms with Crippen LogP contribution in [0.1, 0.15) is 5.56 Å². The fourth-order valence-corrected chi connectivity index (χ4v) is 1.56. The summed E-state index contributed by atoms with van der Waals surface area (Å²) < 4.78 is 1.83. The van der Waals surface area contributed by atoms with E-state index in [1.165, 1.54) is 0 Å². The number of carbonyl (C=O) groups excluding carboxylic acids is 1. The number of aldehydes is 1. The zero-order chi connectivity index (χ0) is 10.7. The lowest BCUT2D eigenvalue weighted by molar-refractivity contribution is -0.107. The first kappa shape index (κ1) is 9.65. The number of carbonyl (C=O) groups is 1. The first-order valence-corrected chi connectivity index (χ1v) is 4.82. The molecule has 2 aromatic rings. The fraction of sp³-hybridized carbons (Fsp3) is 0.167. The highest BCUT2D eigenvalue weighted by Crippen LogP contribution is 2.18. The summed E-state index contributed by atoms with van der Waals surface area (Å²) in [5.41, 5.74) is 3.23. The molecule has 0 saturated carbocycles. The van der Waals surface area contributed by atoms with Crippen LogP contribution in [0.2, 0.25) is 0 Å². The van der Waals surface area contributed by atoms with E-state index in [-0.39, 0.29) is 0 Å². The van der Waals surface area contributed by atoms with Crippen molar-refractivity contribution in [1.82, 2.24) is 9.78 Å². The van der Waals surface area contributed by atoms with E-state index in [1.54, 1.807) is 6.20 Å². The summed E-state index contributed by atoms with van der Waals surface area (Å²) in [6.07, 6.45) is 3.17. The third kappa shape index (κ3) is 1.96. The Morgan fingerprint density at radius 3 is 2.53 bits per heavy atom. The van der Waals surface area contributed by atoms with Crippen LogP contribution in [-0.4, -0.2) is 16.1 Å². The smallest absolute Gasteiger partial charge is 0.124 e. The maximum absolute atomic E-state index is 10.3. The van der Waals surface area contributed by atoms with Gasteiger partial charge < -0.3 is 4.79 Å². The molecule has 3 heteroatoms. The Morgan fingerprint density at radius 2 is 2.00 bits per heavy atom. The number of benzene rings is 1. The molecule has 1 aromatic heterocycles. The van der Waals surface area contributed by atoms with Crippen molar-refractivity contribution in [3.8, 4) is 11.3 Å². The first-order valence-electron chi connectivity index (χ1n) is 4.82. The fourth-order valence-electron chi connectivity index (χ4n) is 1.56. The SMILES string of the molecule is Cn1nccc1-c1ccc(CC=O)cc1. The van der Waals surface area contributed by atoms with Gasteiger partial charge in [0, 0.05) is 19.7 Å². The van der Waals surface area contributed by atoms with Crippen LogP contribution in [0.4, 0.5) is 0 Å². The van der Waals surface area contributed by atoms with Crippen LogP contribution in [0.5, 0.6) is 0 Å². The van der Waals surface area contributed by atoms with E-state index in [1.807, 2.05) is 42.1 Å². The third-order valence-corrected chi connectivity index (χ3v) is 2.39. The molecule has 0 N–H and O–H groups in total. The summed E-state index contributed by atoms with van der Waals surface area (Å²) in [6, 6.07) is 9.92. The molecule has 2 rings (SSSR count). The lowest BCUT2D eigenvalue weighted by Crippen LogP contribution is -1.93. The Kier molecular flexibility index (Phi) is 2.63. The minimum absolute atomic E-state index is 0.478. The summed E-state index contributed by atoms with van der Waals surface area (Å²) in [4.78, 5) is 10.3. The summed E-state index contributed by atoms with van der Waals surface area (Å²) in [5, 5.41) is 4.11. The zero-order valence-corrected chi connectivity index (χ0v) is 8.55. The average Bonchev–Trinajstić information content (AvgIpc) is 2.66. The number of aryl methyl sites for hydroxylation is 1. The Hall–Kier alpha value is -1.90. The molecule has 0 spiro atoms. The molecule has 1 aromatic carbocycles. The molecule has 0 aliphatic carbocycles. The Morgan fingerprint density at radius 1 is 1.27 bits per heavy atom. The normalized spacial score (nSPS) is 10.2. The minimum atomic E-state index is 0.478. The summed E-state index contributed by atoms with van der Waals surface area (Å²) in [5.74, 6) is 0. The Labute approximate surface area is 88.4 Å². The molecule has 3 nitrogen and oxygen atoms in total. The van der Waals surface area contributed by atoms with Crippen molar-refractivity contribution in [3.63, 3.8) is 0 Å². The van der Waals surface area contributed by atoms with E-state index in [9.17, 15) is 4.79 Å². The predicted octanol–water partition coefficient (Wildman–Crippen LogP) is 1.83. The number of rotatable bonds is 3. The van der Waals surface area contributed by atoms with Crippen LogP contribution >= 0.6 is 0 Å². The molecule has 15 heavy (non-hydrogen) atoms. The maximum atomic E-state index is 10.3. The molecule has 1 heterocycles. The molecule has 0 fully saturated rings. The second kappa shape index (κ2) is 4.09. The molecule has 0 atom stereocenters. The van der Waals surface area contributed by atoms with Gasteiger partial charge in [-0.2, -0.15) is 5.10 Å². The molecule has 0 bridgehead atoms.